The van der Waals surface area contributed by atoms with E-state index in [-0.39, 0.29) is 30.3 Å². The molecule has 1 fully saturated rings. The number of nitrogens with two attached hydrogens (primary N) is 1. The van der Waals surface area contributed by atoms with Gasteiger partial charge in [0.2, 0.25) is 5.91 Å². The molecule has 2 aromatic rings. The van der Waals surface area contributed by atoms with Crippen LogP contribution < -0.4 is 11.1 Å². The number of hydrogen-bond donors (Lipinski definition) is 2. The van der Waals surface area contributed by atoms with Crippen LogP contribution in [0.1, 0.15) is 24.8 Å². The Balaban J connectivity index is 0.00000176. The Bertz CT molecular complexity index is 614. The van der Waals surface area contributed by atoms with Crippen LogP contribution in [0.15, 0.2) is 42.7 Å². The Kier molecular flexibility index (Phi) is 5.57. The standard InChI is InChI=1S/C16H20N4O.ClH/c17-14-7-6-13(8-14)16(21)18-9-12-10-19-20(11-12)15-4-2-1-3-5-15;/h1-5,10-11,13-14H,6-9,17H2,(H,18,21);1H. The Hall–Kier alpha value is -1.85. The molecule has 2 unspecified atom stereocenters. The number of hydrogen-bond acceptors (Lipinski definition) is 3. The monoisotopic (exact) mass is 320 g/mol. The number of rotatable bonds is 4. The highest BCUT2D eigenvalue weighted by molar-refractivity contribution is 5.85. The third kappa shape index (κ3) is 3.87. The molecule has 1 aliphatic carbocycles. The molecule has 0 aliphatic heterocycles. The molecule has 3 N–H and O–H groups in total. The highest BCUT2D eigenvalue weighted by Gasteiger charge is 2.27. The third-order valence-corrected chi connectivity index (χ3v) is 3.97. The van der Waals surface area contributed by atoms with E-state index in [0.717, 1.165) is 30.5 Å². The summed E-state index contributed by atoms with van der Waals surface area (Å²) in [6, 6.07) is 10.1. The van der Waals surface area contributed by atoms with Crippen molar-refractivity contribution >= 4 is 18.3 Å². The van der Waals surface area contributed by atoms with Crippen molar-refractivity contribution in [1.82, 2.24) is 15.1 Å². The lowest BCUT2D eigenvalue weighted by Crippen LogP contribution is -2.29. The Morgan fingerprint density at radius 1 is 1.32 bits per heavy atom. The number of aromatic nitrogens is 2. The van der Waals surface area contributed by atoms with E-state index >= 15 is 0 Å². The lowest BCUT2D eigenvalue weighted by Gasteiger charge is -2.09. The number of amides is 1. The van der Waals surface area contributed by atoms with E-state index in [1.165, 1.54) is 0 Å². The summed E-state index contributed by atoms with van der Waals surface area (Å²) >= 11 is 0. The van der Waals surface area contributed by atoms with E-state index < -0.39 is 0 Å². The molecule has 1 amide bonds. The summed E-state index contributed by atoms with van der Waals surface area (Å²) in [6.45, 7) is 0.511. The predicted octanol–water partition coefficient (Wildman–Crippen LogP) is 2.04. The van der Waals surface area contributed by atoms with E-state index in [1.54, 1.807) is 6.20 Å². The quantitative estimate of drug-likeness (QED) is 0.905. The first-order valence-corrected chi connectivity index (χ1v) is 7.34. The molecule has 0 radical (unpaired) electrons. The zero-order chi connectivity index (χ0) is 14.7. The summed E-state index contributed by atoms with van der Waals surface area (Å²) in [5, 5.41) is 7.30. The van der Waals surface area contributed by atoms with Crippen molar-refractivity contribution in [3.8, 4) is 5.69 Å². The van der Waals surface area contributed by atoms with Gasteiger partial charge in [0.15, 0.2) is 0 Å². The minimum absolute atomic E-state index is 0. The molecule has 22 heavy (non-hydrogen) atoms. The van der Waals surface area contributed by atoms with Crippen LogP contribution in [-0.4, -0.2) is 21.7 Å². The van der Waals surface area contributed by atoms with E-state index in [1.807, 2.05) is 41.2 Å². The van der Waals surface area contributed by atoms with Gasteiger partial charge < -0.3 is 11.1 Å². The van der Waals surface area contributed by atoms with Crippen molar-refractivity contribution < 1.29 is 4.79 Å². The summed E-state index contributed by atoms with van der Waals surface area (Å²) in [5.41, 5.74) is 7.85. The van der Waals surface area contributed by atoms with Gasteiger partial charge in [-0.2, -0.15) is 5.10 Å². The summed E-state index contributed by atoms with van der Waals surface area (Å²) in [5.74, 6) is 0.180. The lowest BCUT2D eigenvalue weighted by atomic mass is 10.1. The largest absolute Gasteiger partial charge is 0.352 e. The van der Waals surface area contributed by atoms with Gasteiger partial charge in [-0.15, -0.1) is 12.4 Å². The Labute approximate surface area is 136 Å². The molecule has 1 aliphatic rings. The molecular weight excluding hydrogens is 300 g/mol. The number of benzene rings is 1. The minimum atomic E-state index is 0. The molecule has 1 heterocycles. The molecule has 2 atom stereocenters. The van der Waals surface area contributed by atoms with Crippen LogP contribution in [0.25, 0.3) is 5.69 Å². The highest BCUT2D eigenvalue weighted by atomic mass is 35.5. The van der Waals surface area contributed by atoms with Crippen LogP contribution in [0.3, 0.4) is 0 Å². The number of nitrogens with zero attached hydrogens (tertiary/aromatic N) is 2. The number of carbonyl (C=O) groups excluding carboxylic acids is 1. The van der Waals surface area contributed by atoms with Crippen molar-refractivity contribution in [2.45, 2.75) is 31.8 Å². The van der Waals surface area contributed by atoms with Gasteiger partial charge in [0, 0.05) is 30.3 Å². The molecule has 1 saturated carbocycles. The molecular formula is C16H21ClN4O. The number of carbonyl (C=O) groups is 1. The second-order valence-corrected chi connectivity index (χ2v) is 5.62. The molecule has 1 aromatic carbocycles. The first kappa shape index (κ1) is 16.5. The maximum absolute atomic E-state index is 12.0. The first-order valence-electron chi connectivity index (χ1n) is 7.34. The molecule has 0 spiro atoms. The van der Waals surface area contributed by atoms with Crippen LogP contribution in [0.4, 0.5) is 0 Å². The SMILES string of the molecule is Cl.NC1CCC(C(=O)NCc2cnn(-c3ccccc3)c2)C1. The predicted molar refractivity (Wildman–Crippen MR) is 88.0 cm³/mol. The Morgan fingerprint density at radius 2 is 2.09 bits per heavy atom. The molecule has 118 valence electrons. The van der Waals surface area contributed by atoms with Gasteiger partial charge in [0.05, 0.1) is 11.9 Å². The van der Waals surface area contributed by atoms with Gasteiger partial charge in [-0.25, -0.2) is 4.68 Å². The van der Waals surface area contributed by atoms with Crippen LogP contribution in [0, 0.1) is 5.92 Å². The topological polar surface area (TPSA) is 72.9 Å². The molecule has 1 aromatic heterocycles. The van der Waals surface area contributed by atoms with Crippen LogP contribution in [-0.2, 0) is 11.3 Å². The average molecular weight is 321 g/mol. The highest BCUT2D eigenvalue weighted by Crippen LogP contribution is 2.24. The van der Waals surface area contributed by atoms with Crippen LogP contribution in [0.5, 0.6) is 0 Å². The van der Waals surface area contributed by atoms with Crippen LogP contribution >= 0.6 is 12.4 Å². The van der Waals surface area contributed by atoms with Gasteiger partial charge in [-0.05, 0) is 31.4 Å². The summed E-state index contributed by atoms with van der Waals surface area (Å²) in [6.07, 6.45) is 6.37. The van der Waals surface area contributed by atoms with Crippen molar-refractivity contribution in [2.75, 3.05) is 0 Å². The molecule has 0 bridgehead atoms. The lowest BCUT2D eigenvalue weighted by molar-refractivity contribution is -0.125. The van der Waals surface area contributed by atoms with Gasteiger partial charge >= 0.3 is 0 Å². The normalized spacial score (nSPS) is 20.4. The molecule has 0 saturated heterocycles. The minimum Gasteiger partial charge on any atom is -0.352 e. The fourth-order valence-electron chi connectivity index (χ4n) is 2.76. The average Bonchev–Trinajstić information content (AvgIpc) is 3.15. The summed E-state index contributed by atoms with van der Waals surface area (Å²) in [4.78, 5) is 12.0. The van der Waals surface area contributed by atoms with Crippen molar-refractivity contribution in [2.24, 2.45) is 11.7 Å². The maximum atomic E-state index is 12.0. The van der Waals surface area contributed by atoms with E-state index in [0.29, 0.717) is 6.54 Å². The van der Waals surface area contributed by atoms with Gasteiger partial charge in [0.1, 0.15) is 0 Å². The van der Waals surface area contributed by atoms with Gasteiger partial charge in [-0.3, -0.25) is 4.79 Å². The molecule has 5 nitrogen and oxygen atoms in total. The summed E-state index contributed by atoms with van der Waals surface area (Å²) < 4.78 is 1.81. The smallest absolute Gasteiger partial charge is 0.223 e. The van der Waals surface area contributed by atoms with Gasteiger partial charge in [-0.1, -0.05) is 18.2 Å². The fraction of sp³-hybridized carbons (Fsp3) is 0.375. The second kappa shape index (κ2) is 7.42. The van der Waals surface area contributed by atoms with E-state index in [2.05, 4.69) is 10.4 Å². The zero-order valence-electron chi connectivity index (χ0n) is 12.3. The fourth-order valence-corrected chi connectivity index (χ4v) is 2.76. The zero-order valence-corrected chi connectivity index (χ0v) is 13.1. The number of para-hydroxylation sites is 1. The first-order chi connectivity index (χ1) is 10.2. The van der Waals surface area contributed by atoms with Crippen molar-refractivity contribution in [3.63, 3.8) is 0 Å². The Morgan fingerprint density at radius 3 is 2.77 bits per heavy atom. The molecule has 3 rings (SSSR count). The third-order valence-electron chi connectivity index (χ3n) is 3.97. The van der Waals surface area contributed by atoms with Crippen molar-refractivity contribution in [3.05, 3.63) is 48.3 Å². The van der Waals surface area contributed by atoms with E-state index in [9.17, 15) is 4.79 Å². The second-order valence-electron chi connectivity index (χ2n) is 5.62. The van der Waals surface area contributed by atoms with E-state index in [4.69, 9.17) is 5.73 Å². The summed E-state index contributed by atoms with van der Waals surface area (Å²) in [7, 11) is 0. The van der Waals surface area contributed by atoms with Crippen LogP contribution in [0.2, 0.25) is 0 Å². The van der Waals surface area contributed by atoms with Crippen molar-refractivity contribution in [1.29, 1.82) is 0 Å². The number of nitrogens with one attached hydrogen (secondary N) is 1. The van der Waals surface area contributed by atoms with Gasteiger partial charge in [0.25, 0.3) is 0 Å². The maximum Gasteiger partial charge on any atom is 0.223 e. The molecule has 6 heteroatoms. The number of halogens is 1.